The van der Waals surface area contributed by atoms with E-state index in [2.05, 4.69) is 12.2 Å². The zero-order valence-electron chi connectivity index (χ0n) is 13.9. The normalized spacial score (nSPS) is 10.6. The Morgan fingerprint density at radius 1 is 0.792 bits per heavy atom. The minimum Gasteiger partial charge on any atom is -0.385 e. The summed E-state index contributed by atoms with van der Waals surface area (Å²) in [5.41, 5.74) is 4.56. The first-order chi connectivity index (χ1) is 11.8. The van der Waals surface area contributed by atoms with Crippen LogP contribution in [0.4, 0.5) is 10.1 Å². The second kappa shape index (κ2) is 7.78. The van der Waals surface area contributed by atoms with E-state index in [-0.39, 0.29) is 5.82 Å². The Labute approximate surface area is 143 Å². The number of anilines is 1. The molecule has 122 valence electrons. The first-order valence-corrected chi connectivity index (χ1v) is 8.47. The molecule has 0 amide bonds. The van der Waals surface area contributed by atoms with Crippen molar-refractivity contribution >= 4 is 5.69 Å². The summed E-state index contributed by atoms with van der Waals surface area (Å²) >= 11 is 0. The van der Waals surface area contributed by atoms with Gasteiger partial charge < -0.3 is 5.32 Å². The second-order valence-corrected chi connectivity index (χ2v) is 5.92. The second-order valence-electron chi connectivity index (χ2n) is 5.92. The minimum absolute atomic E-state index is 0.191. The SMILES string of the molecule is CCCCNc1ccc(-c2ccc(-c3ccccc3)c(F)c2)cc1. The molecule has 0 aromatic heterocycles. The Hall–Kier alpha value is -2.61. The van der Waals surface area contributed by atoms with Crippen molar-refractivity contribution in [1.82, 2.24) is 0 Å². The molecule has 0 spiro atoms. The molecule has 0 saturated carbocycles. The van der Waals surface area contributed by atoms with Gasteiger partial charge in [-0.2, -0.15) is 0 Å². The van der Waals surface area contributed by atoms with Gasteiger partial charge in [-0.3, -0.25) is 0 Å². The van der Waals surface area contributed by atoms with E-state index in [0.29, 0.717) is 5.56 Å². The van der Waals surface area contributed by atoms with E-state index >= 15 is 0 Å². The van der Waals surface area contributed by atoms with Crippen molar-refractivity contribution in [3.8, 4) is 22.3 Å². The molecule has 0 atom stereocenters. The van der Waals surface area contributed by atoms with E-state index in [1.807, 2.05) is 66.7 Å². The van der Waals surface area contributed by atoms with Crippen LogP contribution in [0.2, 0.25) is 0 Å². The van der Waals surface area contributed by atoms with Crippen LogP contribution >= 0.6 is 0 Å². The maximum Gasteiger partial charge on any atom is 0.131 e. The molecule has 1 nitrogen and oxygen atoms in total. The van der Waals surface area contributed by atoms with Crippen molar-refractivity contribution in [2.45, 2.75) is 19.8 Å². The lowest BCUT2D eigenvalue weighted by atomic mass is 9.99. The summed E-state index contributed by atoms with van der Waals surface area (Å²) in [6.45, 7) is 3.16. The van der Waals surface area contributed by atoms with Crippen LogP contribution < -0.4 is 5.32 Å². The number of halogens is 1. The maximum absolute atomic E-state index is 14.5. The molecule has 0 fully saturated rings. The standard InChI is InChI=1S/C22H22FN/c1-2-3-15-24-20-12-9-17(10-13-20)19-11-14-21(22(23)16-19)18-7-5-4-6-8-18/h4-14,16,24H,2-3,15H2,1H3. The van der Waals surface area contributed by atoms with E-state index < -0.39 is 0 Å². The molecule has 0 unspecified atom stereocenters. The maximum atomic E-state index is 14.5. The zero-order valence-corrected chi connectivity index (χ0v) is 13.9. The topological polar surface area (TPSA) is 12.0 Å². The molecule has 2 heteroatoms. The Morgan fingerprint density at radius 3 is 2.17 bits per heavy atom. The van der Waals surface area contributed by atoms with Crippen molar-refractivity contribution in [2.75, 3.05) is 11.9 Å². The third kappa shape index (κ3) is 3.83. The van der Waals surface area contributed by atoms with Crippen LogP contribution in [0.15, 0.2) is 72.8 Å². The fourth-order valence-electron chi connectivity index (χ4n) is 2.74. The largest absolute Gasteiger partial charge is 0.385 e. The molecule has 24 heavy (non-hydrogen) atoms. The van der Waals surface area contributed by atoms with Crippen molar-refractivity contribution in [3.05, 3.63) is 78.6 Å². The summed E-state index contributed by atoms with van der Waals surface area (Å²) in [5.74, 6) is -0.191. The van der Waals surface area contributed by atoms with Crippen LogP contribution in [0, 0.1) is 5.82 Å². The summed E-state index contributed by atoms with van der Waals surface area (Å²) < 4.78 is 14.5. The number of unbranched alkanes of at least 4 members (excludes halogenated alkanes) is 1. The summed E-state index contributed by atoms with van der Waals surface area (Å²) in [5, 5.41) is 3.39. The van der Waals surface area contributed by atoms with Crippen LogP contribution in [0.5, 0.6) is 0 Å². The average molecular weight is 319 g/mol. The van der Waals surface area contributed by atoms with E-state index in [1.54, 1.807) is 6.07 Å². The fourth-order valence-corrected chi connectivity index (χ4v) is 2.74. The molecule has 0 aliphatic carbocycles. The Kier molecular flexibility index (Phi) is 5.27. The highest BCUT2D eigenvalue weighted by Gasteiger charge is 2.07. The number of benzene rings is 3. The Balaban J connectivity index is 1.79. The summed E-state index contributed by atoms with van der Waals surface area (Å²) in [6.07, 6.45) is 2.34. The predicted octanol–water partition coefficient (Wildman–Crippen LogP) is 6.37. The van der Waals surface area contributed by atoms with Crippen LogP contribution in [0.1, 0.15) is 19.8 Å². The molecule has 0 radical (unpaired) electrons. The van der Waals surface area contributed by atoms with Gasteiger partial charge in [-0.05, 0) is 41.3 Å². The Morgan fingerprint density at radius 2 is 1.50 bits per heavy atom. The molecule has 0 bridgehead atoms. The lowest BCUT2D eigenvalue weighted by Gasteiger charge is -2.09. The van der Waals surface area contributed by atoms with E-state index in [4.69, 9.17) is 0 Å². The average Bonchev–Trinajstić information content (AvgIpc) is 2.63. The Bertz CT molecular complexity index is 779. The molecule has 0 saturated heterocycles. The van der Waals surface area contributed by atoms with Crippen LogP contribution in [-0.2, 0) is 0 Å². The van der Waals surface area contributed by atoms with Crippen molar-refractivity contribution in [3.63, 3.8) is 0 Å². The van der Waals surface area contributed by atoms with Crippen LogP contribution in [0.3, 0.4) is 0 Å². The van der Waals surface area contributed by atoms with Gasteiger partial charge in [0.05, 0.1) is 0 Å². The highest BCUT2D eigenvalue weighted by Crippen LogP contribution is 2.28. The van der Waals surface area contributed by atoms with E-state index in [1.165, 1.54) is 6.42 Å². The zero-order chi connectivity index (χ0) is 16.8. The van der Waals surface area contributed by atoms with Gasteiger partial charge >= 0.3 is 0 Å². The number of nitrogens with one attached hydrogen (secondary N) is 1. The monoisotopic (exact) mass is 319 g/mol. The summed E-state index contributed by atoms with van der Waals surface area (Å²) in [7, 11) is 0. The van der Waals surface area contributed by atoms with E-state index in [9.17, 15) is 4.39 Å². The highest BCUT2D eigenvalue weighted by molar-refractivity contribution is 5.72. The van der Waals surface area contributed by atoms with Gasteiger partial charge in [0.15, 0.2) is 0 Å². The highest BCUT2D eigenvalue weighted by atomic mass is 19.1. The number of rotatable bonds is 6. The molecule has 3 aromatic carbocycles. The molecule has 0 heterocycles. The van der Waals surface area contributed by atoms with Crippen LogP contribution in [-0.4, -0.2) is 6.54 Å². The molecular weight excluding hydrogens is 297 g/mol. The molecule has 3 aromatic rings. The van der Waals surface area contributed by atoms with Gasteiger partial charge in [0.1, 0.15) is 5.82 Å². The van der Waals surface area contributed by atoms with Gasteiger partial charge in [-0.1, -0.05) is 67.9 Å². The smallest absolute Gasteiger partial charge is 0.131 e. The molecule has 1 N–H and O–H groups in total. The van der Waals surface area contributed by atoms with Gasteiger partial charge in [0.25, 0.3) is 0 Å². The van der Waals surface area contributed by atoms with Crippen molar-refractivity contribution in [1.29, 1.82) is 0 Å². The van der Waals surface area contributed by atoms with E-state index in [0.717, 1.165) is 35.3 Å². The molecule has 0 aliphatic rings. The number of hydrogen-bond acceptors (Lipinski definition) is 1. The molecular formula is C22H22FN. The van der Waals surface area contributed by atoms with Crippen molar-refractivity contribution < 1.29 is 4.39 Å². The van der Waals surface area contributed by atoms with Crippen molar-refractivity contribution in [2.24, 2.45) is 0 Å². The summed E-state index contributed by atoms with van der Waals surface area (Å²) in [6, 6.07) is 23.2. The number of hydrogen-bond donors (Lipinski definition) is 1. The third-order valence-electron chi connectivity index (χ3n) is 4.13. The van der Waals surface area contributed by atoms with Gasteiger partial charge in [0.2, 0.25) is 0 Å². The summed E-state index contributed by atoms with van der Waals surface area (Å²) in [4.78, 5) is 0. The molecule has 0 aliphatic heterocycles. The lowest BCUT2D eigenvalue weighted by molar-refractivity contribution is 0.632. The van der Waals surface area contributed by atoms with Crippen LogP contribution in [0.25, 0.3) is 22.3 Å². The third-order valence-corrected chi connectivity index (χ3v) is 4.13. The molecule has 3 rings (SSSR count). The van der Waals surface area contributed by atoms with Gasteiger partial charge in [-0.15, -0.1) is 0 Å². The first kappa shape index (κ1) is 16.3. The van der Waals surface area contributed by atoms with Gasteiger partial charge in [-0.25, -0.2) is 4.39 Å². The fraction of sp³-hybridized carbons (Fsp3) is 0.182. The quantitative estimate of drug-likeness (QED) is 0.520. The predicted molar refractivity (Wildman–Crippen MR) is 101 cm³/mol. The lowest BCUT2D eigenvalue weighted by Crippen LogP contribution is -2.00. The first-order valence-electron chi connectivity index (χ1n) is 8.47. The van der Waals surface area contributed by atoms with Gasteiger partial charge in [0, 0.05) is 17.8 Å². The minimum atomic E-state index is -0.191.